The van der Waals surface area contributed by atoms with Crippen LogP contribution in [0.5, 0.6) is 0 Å². The van der Waals surface area contributed by atoms with Gasteiger partial charge in [0.05, 0.1) is 5.57 Å². The molecule has 1 aromatic rings. The molecule has 2 N–H and O–H groups in total. The van der Waals surface area contributed by atoms with Crippen molar-refractivity contribution in [1.82, 2.24) is 0 Å². The first-order chi connectivity index (χ1) is 12.5. The quantitative estimate of drug-likeness (QED) is 0.839. The predicted molar refractivity (Wildman–Crippen MR) is 94.5 cm³/mol. The number of amides is 1. The SMILES string of the molecule is CCN1C(=O)[C@@]2(C(C#N)=C(N)OC3=C2C(=O)C[C@@H](C)C3)c2ccccc21. The molecule has 0 radical (unpaired) electrons. The molecule has 0 fully saturated rings. The van der Waals surface area contributed by atoms with Gasteiger partial charge >= 0.3 is 0 Å². The van der Waals surface area contributed by atoms with Crippen molar-refractivity contribution in [3.8, 4) is 6.07 Å². The van der Waals surface area contributed by atoms with Crippen molar-refractivity contribution in [2.24, 2.45) is 11.7 Å². The van der Waals surface area contributed by atoms with Crippen LogP contribution in [0.15, 0.2) is 47.1 Å². The highest BCUT2D eigenvalue weighted by molar-refractivity contribution is 6.20. The van der Waals surface area contributed by atoms with E-state index in [9.17, 15) is 14.9 Å². The van der Waals surface area contributed by atoms with Crippen LogP contribution in [0.4, 0.5) is 5.69 Å². The summed E-state index contributed by atoms with van der Waals surface area (Å²) in [6.07, 6.45) is 0.841. The number of benzene rings is 1. The number of hydrogen-bond acceptors (Lipinski definition) is 5. The number of para-hydroxylation sites is 1. The summed E-state index contributed by atoms with van der Waals surface area (Å²) in [4.78, 5) is 28.3. The number of nitrogens with zero attached hydrogens (tertiary/aromatic N) is 2. The normalized spacial score (nSPS) is 27.4. The molecule has 0 aromatic heterocycles. The minimum atomic E-state index is -1.49. The number of allylic oxidation sites excluding steroid dienone is 1. The molecule has 2 aliphatic heterocycles. The number of ketones is 1. The maximum atomic E-state index is 13.6. The van der Waals surface area contributed by atoms with Crippen molar-refractivity contribution < 1.29 is 14.3 Å². The molecule has 132 valence electrons. The Hall–Kier alpha value is -3.07. The highest BCUT2D eigenvalue weighted by atomic mass is 16.5. The lowest BCUT2D eigenvalue weighted by Crippen LogP contribution is -2.49. The van der Waals surface area contributed by atoms with Crippen LogP contribution in [0, 0.1) is 17.2 Å². The summed E-state index contributed by atoms with van der Waals surface area (Å²) in [5.41, 5.74) is 6.21. The summed E-state index contributed by atoms with van der Waals surface area (Å²) < 4.78 is 5.68. The van der Waals surface area contributed by atoms with Crippen LogP contribution < -0.4 is 10.6 Å². The van der Waals surface area contributed by atoms with Crippen LogP contribution in [-0.4, -0.2) is 18.2 Å². The number of rotatable bonds is 1. The standard InChI is InChI=1S/C20H19N3O3/c1-3-23-14-7-5-4-6-12(14)20(19(23)25)13(10-21)18(22)26-16-9-11(2)8-15(24)17(16)20/h4-7,11H,3,8-9,22H2,1-2H3/t11-,20-/m1/s1. The third-order valence-corrected chi connectivity index (χ3v) is 5.45. The molecule has 0 unspecified atom stereocenters. The molecule has 1 aromatic carbocycles. The van der Waals surface area contributed by atoms with Gasteiger partial charge in [0.2, 0.25) is 11.8 Å². The smallest absolute Gasteiger partial charge is 0.247 e. The minimum absolute atomic E-state index is 0.00699. The summed E-state index contributed by atoms with van der Waals surface area (Å²) in [5.74, 6) is -0.0242. The zero-order valence-electron chi connectivity index (χ0n) is 14.7. The van der Waals surface area contributed by atoms with E-state index in [2.05, 4.69) is 6.07 Å². The van der Waals surface area contributed by atoms with E-state index in [1.807, 2.05) is 32.0 Å². The second kappa shape index (κ2) is 5.46. The number of carbonyl (C=O) groups excluding carboxylic acids is 2. The first-order valence-electron chi connectivity index (χ1n) is 8.73. The highest BCUT2D eigenvalue weighted by Crippen LogP contribution is 2.55. The fourth-order valence-electron chi connectivity index (χ4n) is 4.46. The van der Waals surface area contributed by atoms with Gasteiger partial charge in [0.1, 0.15) is 22.8 Å². The molecule has 0 saturated carbocycles. The van der Waals surface area contributed by atoms with Gasteiger partial charge in [-0.2, -0.15) is 5.26 Å². The zero-order chi connectivity index (χ0) is 18.6. The largest absolute Gasteiger partial charge is 0.444 e. The van der Waals surface area contributed by atoms with Crippen molar-refractivity contribution in [3.05, 3.63) is 52.6 Å². The molecule has 3 aliphatic rings. The van der Waals surface area contributed by atoms with E-state index < -0.39 is 5.41 Å². The van der Waals surface area contributed by atoms with Gasteiger partial charge in [-0.3, -0.25) is 9.59 Å². The van der Waals surface area contributed by atoms with E-state index in [0.29, 0.717) is 36.4 Å². The van der Waals surface area contributed by atoms with E-state index in [1.54, 1.807) is 11.0 Å². The molecule has 1 amide bonds. The van der Waals surface area contributed by atoms with Crippen molar-refractivity contribution in [2.45, 2.75) is 32.1 Å². The topological polar surface area (TPSA) is 96.4 Å². The van der Waals surface area contributed by atoms with Crippen LogP contribution in [0.3, 0.4) is 0 Å². The molecular formula is C20H19N3O3. The summed E-state index contributed by atoms with van der Waals surface area (Å²) in [5, 5.41) is 9.85. The molecule has 0 bridgehead atoms. The molecule has 6 heteroatoms. The van der Waals surface area contributed by atoms with Crippen molar-refractivity contribution in [1.29, 1.82) is 5.26 Å². The summed E-state index contributed by atoms with van der Waals surface area (Å²) in [7, 11) is 0. The number of carbonyl (C=O) groups is 2. The number of hydrogen-bond donors (Lipinski definition) is 1. The lowest BCUT2D eigenvalue weighted by atomic mass is 9.64. The maximum Gasteiger partial charge on any atom is 0.247 e. The van der Waals surface area contributed by atoms with Gasteiger partial charge < -0.3 is 15.4 Å². The number of anilines is 1. The lowest BCUT2D eigenvalue weighted by molar-refractivity contribution is -0.125. The van der Waals surface area contributed by atoms with Gasteiger partial charge in [0, 0.05) is 30.6 Å². The maximum absolute atomic E-state index is 13.6. The fourth-order valence-corrected chi connectivity index (χ4v) is 4.46. The van der Waals surface area contributed by atoms with Crippen LogP contribution >= 0.6 is 0 Å². The van der Waals surface area contributed by atoms with Crippen molar-refractivity contribution >= 4 is 17.4 Å². The van der Waals surface area contributed by atoms with Crippen LogP contribution in [-0.2, 0) is 19.7 Å². The number of nitrogens with two attached hydrogens (primary N) is 1. The average Bonchev–Trinajstić information content (AvgIpc) is 2.84. The summed E-state index contributed by atoms with van der Waals surface area (Å²) >= 11 is 0. The fraction of sp³-hybridized carbons (Fsp3) is 0.350. The zero-order valence-corrected chi connectivity index (χ0v) is 14.7. The molecule has 6 nitrogen and oxygen atoms in total. The summed E-state index contributed by atoms with van der Waals surface area (Å²) in [6.45, 7) is 4.26. The minimum Gasteiger partial charge on any atom is -0.444 e. The Kier molecular flexibility index (Phi) is 3.45. The molecular weight excluding hydrogens is 330 g/mol. The first kappa shape index (κ1) is 16.4. The van der Waals surface area contributed by atoms with Gasteiger partial charge in [-0.05, 0) is 18.9 Å². The number of fused-ring (bicyclic) bond motifs is 3. The van der Waals surface area contributed by atoms with Crippen LogP contribution in [0.1, 0.15) is 32.3 Å². The molecule has 1 aliphatic carbocycles. The Morgan fingerprint density at radius 3 is 2.77 bits per heavy atom. The van der Waals surface area contributed by atoms with Gasteiger partial charge in [0.15, 0.2) is 5.78 Å². The van der Waals surface area contributed by atoms with E-state index in [0.717, 1.165) is 0 Å². The molecule has 4 rings (SSSR count). The van der Waals surface area contributed by atoms with E-state index in [-0.39, 0.29) is 34.6 Å². The molecule has 0 saturated heterocycles. The number of likely N-dealkylation sites (N-methyl/N-ethyl adjacent to an activating group) is 1. The van der Waals surface area contributed by atoms with Crippen LogP contribution in [0.25, 0.3) is 0 Å². The summed E-state index contributed by atoms with van der Waals surface area (Å²) in [6, 6.07) is 9.35. The van der Waals surface area contributed by atoms with Gasteiger partial charge in [-0.1, -0.05) is 25.1 Å². The number of Topliss-reactive ketones (excluding diaryl/α,β-unsaturated/α-hetero) is 1. The van der Waals surface area contributed by atoms with E-state index >= 15 is 0 Å². The van der Waals surface area contributed by atoms with Gasteiger partial charge in [-0.25, -0.2) is 0 Å². The van der Waals surface area contributed by atoms with Gasteiger partial charge in [0.25, 0.3) is 0 Å². The van der Waals surface area contributed by atoms with E-state index in [1.165, 1.54) is 0 Å². The molecule has 26 heavy (non-hydrogen) atoms. The van der Waals surface area contributed by atoms with E-state index in [4.69, 9.17) is 10.5 Å². The second-order valence-electron chi connectivity index (χ2n) is 7.00. The number of ether oxygens (including phenoxy) is 1. The predicted octanol–water partition coefficient (Wildman–Crippen LogP) is 2.27. The Morgan fingerprint density at radius 2 is 2.08 bits per heavy atom. The van der Waals surface area contributed by atoms with Crippen LogP contribution in [0.2, 0.25) is 0 Å². The Morgan fingerprint density at radius 1 is 1.35 bits per heavy atom. The third-order valence-electron chi connectivity index (χ3n) is 5.45. The lowest BCUT2D eigenvalue weighted by Gasteiger charge is -2.38. The van der Waals surface area contributed by atoms with Crippen molar-refractivity contribution in [3.63, 3.8) is 0 Å². The second-order valence-corrected chi connectivity index (χ2v) is 7.00. The highest BCUT2D eigenvalue weighted by Gasteiger charge is 2.62. The monoisotopic (exact) mass is 349 g/mol. The Labute approximate surface area is 151 Å². The average molecular weight is 349 g/mol. The first-order valence-corrected chi connectivity index (χ1v) is 8.73. The Balaban J connectivity index is 2.12. The molecule has 1 spiro atoms. The number of nitriles is 1. The third kappa shape index (κ3) is 1.80. The molecule has 2 heterocycles. The van der Waals surface area contributed by atoms with Crippen molar-refractivity contribution in [2.75, 3.05) is 11.4 Å². The van der Waals surface area contributed by atoms with Gasteiger partial charge in [-0.15, -0.1) is 0 Å². The molecule has 2 atom stereocenters. The Bertz CT molecular complexity index is 953.